The number of likely N-dealkylation sites (tertiary alicyclic amines) is 1. The highest BCUT2D eigenvalue weighted by Crippen LogP contribution is 2.50. The van der Waals surface area contributed by atoms with Crippen molar-refractivity contribution < 1.29 is 32.2 Å². The molecule has 2 heterocycles. The van der Waals surface area contributed by atoms with Gasteiger partial charge in [0.1, 0.15) is 17.5 Å². The van der Waals surface area contributed by atoms with E-state index < -0.39 is 17.3 Å². The molecule has 0 radical (unpaired) electrons. The molecule has 1 aliphatic carbocycles. The third-order valence-corrected chi connectivity index (χ3v) is 6.86. The van der Waals surface area contributed by atoms with Crippen molar-refractivity contribution in [3.05, 3.63) is 65.2 Å². The van der Waals surface area contributed by atoms with E-state index in [1.165, 1.54) is 12.1 Å². The Kier molecular flexibility index (Phi) is 4.98. The van der Waals surface area contributed by atoms with Gasteiger partial charge in [0.15, 0.2) is 0 Å². The summed E-state index contributed by atoms with van der Waals surface area (Å²) in [4.78, 5) is 14.6. The number of amides is 1. The lowest BCUT2D eigenvalue weighted by Gasteiger charge is -2.58. The summed E-state index contributed by atoms with van der Waals surface area (Å²) in [6.45, 7) is 2.38. The van der Waals surface area contributed by atoms with Crippen LogP contribution in [0.4, 0.5) is 13.2 Å². The fourth-order valence-electron chi connectivity index (χ4n) is 4.86. The Bertz CT molecular complexity index is 980. The fourth-order valence-corrected chi connectivity index (χ4v) is 4.86. The molecule has 0 N–H and O–H groups in total. The highest BCUT2D eigenvalue weighted by molar-refractivity contribution is 5.95. The Hall–Kier alpha value is -2.58. The lowest BCUT2D eigenvalue weighted by molar-refractivity contribution is -0.202. The predicted octanol–water partition coefficient (Wildman–Crippen LogP) is 4.26. The summed E-state index contributed by atoms with van der Waals surface area (Å²) < 4.78 is 54.7. The average molecular weight is 447 g/mol. The Balaban J connectivity index is 1.11. The molecule has 5 rings (SSSR count). The maximum atomic E-state index is 12.8. The fraction of sp³-hybridized carbons (Fsp3) is 0.458. The molecule has 0 atom stereocenters. The number of halogens is 3. The molecule has 3 aliphatic rings. The number of benzene rings is 2. The van der Waals surface area contributed by atoms with Crippen molar-refractivity contribution >= 4 is 5.91 Å². The summed E-state index contributed by atoms with van der Waals surface area (Å²) in [5.74, 6) is 0.446. The number of rotatable bonds is 5. The van der Waals surface area contributed by atoms with Crippen molar-refractivity contribution in [2.24, 2.45) is 5.41 Å². The molecule has 8 heteroatoms. The van der Waals surface area contributed by atoms with Crippen molar-refractivity contribution in [3.8, 4) is 5.75 Å². The van der Waals surface area contributed by atoms with E-state index in [-0.39, 0.29) is 17.4 Å². The maximum Gasteiger partial charge on any atom is 0.416 e. The van der Waals surface area contributed by atoms with E-state index >= 15 is 0 Å². The lowest BCUT2D eigenvalue weighted by Crippen LogP contribution is -2.65. The number of alkyl halides is 3. The minimum atomic E-state index is -4.35. The summed E-state index contributed by atoms with van der Waals surface area (Å²) in [5, 5.41) is 0. The standard InChI is InChI=1S/C24H24F3NO4/c1-30-23(14-31-15-23)17-4-2-16(3-5-17)21(29)28-12-22(13-28)10-20(11-22)32-19-8-6-18(7-9-19)24(25,26)27/h2-9,20H,10-15H2,1H3. The number of hydrogen-bond acceptors (Lipinski definition) is 4. The highest BCUT2D eigenvalue weighted by Gasteiger charge is 2.54. The second-order valence-electron chi connectivity index (χ2n) is 9.10. The molecule has 2 aliphatic heterocycles. The van der Waals surface area contributed by atoms with Gasteiger partial charge in [0.25, 0.3) is 5.91 Å². The normalized spacial score (nSPS) is 21.4. The van der Waals surface area contributed by atoms with Crippen molar-refractivity contribution in [2.75, 3.05) is 33.4 Å². The molecule has 32 heavy (non-hydrogen) atoms. The van der Waals surface area contributed by atoms with E-state index in [1.54, 1.807) is 7.11 Å². The van der Waals surface area contributed by atoms with E-state index in [0.29, 0.717) is 37.6 Å². The van der Waals surface area contributed by atoms with Crippen LogP contribution >= 0.6 is 0 Å². The SMILES string of the molecule is COC1(c2ccc(C(=O)N3CC4(CC(Oc5ccc(C(F)(F)F)cc5)C4)C3)cc2)COC1. The van der Waals surface area contributed by atoms with Gasteiger partial charge in [-0.05, 0) is 54.8 Å². The molecule has 0 bridgehead atoms. The van der Waals surface area contributed by atoms with Crippen LogP contribution in [0, 0.1) is 5.41 Å². The van der Waals surface area contributed by atoms with Gasteiger partial charge in [0, 0.05) is 31.2 Å². The van der Waals surface area contributed by atoms with Crippen LogP contribution in [-0.2, 0) is 21.3 Å². The van der Waals surface area contributed by atoms with Gasteiger partial charge in [0.2, 0.25) is 0 Å². The van der Waals surface area contributed by atoms with Crippen LogP contribution in [0.15, 0.2) is 48.5 Å². The van der Waals surface area contributed by atoms with Gasteiger partial charge in [-0.2, -0.15) is 13.2 Å². The molecular formula is C24H24F3NO4. The molecule has 0 aromatic heterocycles. The zero-order chi connectivity index (χ0) is 22.6. The molecule has 1 amide bonds. The smallest absolute Gasteiger partial charge is 0.416 e. The molecular weight excluding hydrogens is 423 g/mol. The zero-order valence-electron chi connectivity index (χ0n) is 17.7. The third-order valence-electron chi connectivity index (χ3n) is 6.86. The molecule has 1 saturated carbocycles. The Morgan fingerprint density at radius 1 is 1.03 bits per heavy atom. The van der Waals surface area contributed by atoms with Crippen molar-refractivity contribution in [3.63, 3.8) is 0 Å². The minimum Gasteiger partial charge on any atom is -0.490 e. The molecule has 1 spiro atoms. The first-order chi connectivity index (χ1) is 15.2. The van der Waals surface area contributed by atoms with Gasteiger partial charge in [-0.1, -0.05) is 12.1 Å². The Labute approximate surface area is 184 Å². The summed E-state index contributed by atoms with van der Waals surface area (Å²) in [5.41, 5.74) is 0.623. The molecule has 2 aromatic rings. The van der Waals surface area contributed by atoms with Crippen molar-refractivity contribution in [2.45, 2.75) is 30.7 Å². The lowest BCUT2D eigenvalue weighted by atomic mass is 9.61. The molecule has 2 saturated heterocycles. The number of hydrogen-bond donors (Lipinski definition) is 0. The second kappa shape index (κ2) is 7.49. The van der Waals surface area contributed by atoms with Crippen molar-refractivity contribution in [1.82, 2.24) is 4.90 Å². The van der Waals surface area contributed by atoms with Gasteiger partial charge in [0.05, 0.1) is 18.8 Å². The van der Waals surface area contributed by atoms with E-state index in [2.05, 4.69) is 0 Å². The molecule has 0 unspecified atom stereocenters. The minimum absolute atomic E-state index is 0.00519. The van der Waals surface area contributed by atoms with Crippen LogP contribution in [0.5, 0.6) is 5.75 Å². The van der Waals surface area contributed by atoms with Gasteiger partial charge in [-0.15, -0.1) is 0 Å². The Morgan fingerprint density at radius 3 is 2.16 bits per heavy atom. The third kappa shape index (κ3) is 3.65. The zero-order valence-corrected chi connectivity index (χ0v) is 17.7. The molecule has 2 aromatic carbocycles. The first-order valence-electron chi connectivity index (χ1n) is 10.6. The summed E-state index contributed by atoms with van der Waals surface area (Å²) >= 11 is 0. The van der Waals surface area contributed by atoms with Crippen molar-refractivity contribution in [1.29, 1.82) is 0 Å². The van der Waals surface area contributed by atoms with Crippen LogP contribution in [0.3, 0.4) is 0 Å². The van der Waals surface area contributed by atoms with Crippen LogP contribution in [0.1, 0.15) is 34.3 Å². The maximum absolute atomic E-state index is 12.8. The first kappa shape index (κ1) is 21.3. The largest absolute Gasteiger partial charge is 0.490 e. The predicted molar refractivity (Wildman–Crippen MR) is 109 cm³/mol. The van der Waals surface area contributed by atoms with E-state index in [4.69, 9.17) is 14.2 Å². The van der Waals surface area contributed by atoms with E-state index in [9.17, 15) is 18.0 Å². The van der Waals surface area contributed by atoms with Crippen LogP contribution in [-0.4, -0.2) is 50.3 Å². The summed E-state index contributed by atoms with van der Waals surface area (Å²) in [6, 6.07) is 12.3. The summed E-state index contributed by atoms with van der Waals surface area (Å²) in [6.07, 6.45) is -2.78. The number of nitrogens with zero attached hydrogens (tertiary/aromatic N) is 1. The van der Waals surface area contributed by atoms with E-state index in [0.717, 1.165) is 30.5 Å². The topological polar surface area (TPSA) is 48.0 Å². The second-order valence-corrected chi connectivity index (χ2v) is 9.10. The number of methoxy groups -OCH3 is 1. The quantitative estimate of drug-likeness (QED) is 0.687. The highest BCUT2D eigenvalue weighted by atomic mass is 19.4. The van der Waals surface area contributed by atoms with Crippen LogP contribution in [0.2, 0.25) is 0 Å². The Morgan fingerprint density at radius 2 is 1.66 bits per heavy atom. The number of carbonyl (C=O) groups excluding carboxylic acids is 1. The monoisotopic (exact) mass is 447 g/mol. The van der Waals surface area contributed by atoms with E-state index in [1.807, 2.05) is 29.2 Å². The van der Waals surface area contributed by atoms with Crippen LogP contribution < -0.4 is 4.74 Å². The van der Waals surface area contributed by atoms with Gasteiger partial charge < -0.3 is 19.1 Å². The molecule has 3 fully saturated rings. The van der Waals surface area contributed by atoms with Gasteiger partial charge in [-0.3, -0.25) is 4.79 Å². The summed E-state index contributed by atoms with van der Waals surface area (Å²) in [7, 11) is 1.66. The molecule has 5 nitrogen and oxygen atoms in total. The average Bonchev–Trinajstić information content (AvgIpc) is 2.68. The first-order valence-corrected chi connectivity index (χ1v) is 10.6. The molecule has 170 valence electrons. The van der Waals surface area contributed by atoms with Crippen LogP contribution in [0.25, 0.3) is 0 Å². The van der Waals surface area contributed by atoms with Gasteiger partial charge in [-0.25, -0.2) is 0 Å². The number of carbonyl (C=O) groups is 1. The van der Waals surface area contributed by atoms with Gasteiger partial charge >= 0.3 is 6.18 Å². The number of ether oxygens (including phenoxy) is 3.